The molecule has 0 radical (unpaired) electrons. The molecular formula is C23H17ClN2O5. The molecule has 156 valence electrons. The van der Waals surface area contributed by atoms with Crippen LogP contribution in [0.15, 0.2) is 72.8 Å². The van der Waals surface area contributed by atoms with E-state index < -0.39 is 30.3 Å². The van der Waals surface area contributed by atoms with Crippen LogP contribution in [0.1, 0.15) is 27.4 Å². The molecular weight excluding hydrogens is 420 g/mol. The fraction of sp³-hybridized carbons (Fsp3) is 0.0870. The number of esters is 1. The van der Waals surface area contributed by atoms with Gasteiger partial charge < -0.3 is 9.47 Å². The molecule has 3 aromatic rings. The largest absolute Gasteiger partial charge is 0.457 e. The van der Waals surface area contributed by atoms with E-state index in [1.807, 2.05) is 12.1 Å². The number of rotatable bonds is 4. The summed E-state index contributed by atoms with van der Waals surface area (Å²) in [6.07, 6.45) is 0. The first-order valence-electron chi connectivity index (χ1n) is 9.40. The van der Waals surface area contributed by atoms with Crippen LogP contribution in [-0.4, -0.2) is 24.4 Å². The molecule has 8 heteroatoms. The van der Waals surface area contributed by atoms with E-state index in [0.29, 0.717) is 22.6 Å². The molecule has 3 aromatic carbocycles. The summed E-state index contributed by atoms with van der Waals surface area (Å²) in [4.78, 5) is 37.0. The SMILES string of the molecule is O=C(COC(=O)C1c2ccccc2Oc2ccccc21)NNC(=O)c1ccccc1Cl. The lowest BCUT2D eigenvalue weighted by molar-refractivity contribution is -0.149. The Hall–Kier alpha value is -3.84. The Balaban J connectivity index is 1.40. The van der Waals surface area contributed by atoms with Crippen LogP contribution in [0, 0.1) is 0 Å². The van der Waals surface area contributed by atoms with Gasteiger partial charge in [-0.15, -0.1) is 0 Å². The average molecular weight is 437 g/mol. The van der Waals surface area contributed by atoms with E-state index in [9.17, 15) is 14.4 Å². The third-order valence-corrected chi connectivity index (χ3v) is 5.02. The second-order valence-electron chi connectivity index (χ2n) is 6.70. The molecule has 2 amide bonds. The zero-order valence-corrected chi connectivity index (χ0v) is 16.9. The van der Waals surface area contributed by atoms with Gasteiger partial charge in [0.15, 0.2) is 6.61 Å². The van der Waals surface area contributed by atoms with Crippen molar-refractivity contribution < 1.29 is 23.9 Å². The third-order valence-electron chi connectivity index (χ3n) is 4.70. The van der Waals surface area contributed by atoms with Crippen molar-refractivity contribution in [1.29, 1.82) is 0 Å². The minimum absolute atomic E-state index is 0.205. The molecule has 31 heavy (non-hydrogen) atoms. The van der Waals surface area contributed by atoms with Crippen molar-refractivity contribution in [3.63, 3.8) is 0 Å². The van der Waals surface area contributed by atoms with Gasteiger partial charge in [-0.25, -0.2) is 0 Å². The highest BCUT2D eigenvalue weighted by molar-refractivity contribution is 6.33. The predicted molar refractivity (Wildman–Crippen MR) is 113 cm³/mol. The van der Waals surface area contributed by atoms with Crippen molar-refractivity contribution in [2.75, 3.05) is 6.61 Å². The van der Waals surface area contributed by atoms with Crippen molar-refractivity contribution in [3.05, 3.63) is 94.5 Å². The number of amides is 2. The summed E-state index contributed by atoms with van der Waals surface area (Å²) < 4.78 is 11.1. The van der Waals surface area contributed by atoms with Gasteiger partial charge in [-0.2, -0.15) is 0 Å². The molecule has 1 aliphatic heterocycles. The van der Waals surface area contributed by atoms with Gasteiger partial charge >= 0.3 is 5.97 Å². The summed E-state index contributed by atoms with van der Waals surface area (Å²) in [5, 5.41) is 0.248. The van der Waals surface area contributed by atoms with Gasteiger partial charge in [0.2, 0.25) is 0 Å². The van der Waals surface area contributed by atoms with E-state index in [0.717, 1.165) is 0 Å². The summed E-state index contributed by atoms with van der Waals surface area (Å²) in [5.41, 5.74) is 5.95. The van der Waals surface area contributed by atoms with Crippen LogP contribution in [-0.2, 0) is 14.3 Å². The van der Waals surface area contributed by atoms with E-state index in [1.54, 1.807) is 54.6 Å². The number of hydrazine groups is 1. The number of nitrogens with one attached hydrogen (secondary N) is 2. The Labute approximate surface area is 182 Å². The maximum Gasteiger partial charge on any atom is 0.318 e. The Morgan fingerprint density at radius 1 is 0.839 bits per heavy atom. The third kappa shape index (κ3) is 4.36. The van der Waals surface area contributed by atoms with Crippen LogP contribution in [0.4, 0.5) is 0 Å². The van der Waals surface area contributed by atoms with Gasteiger partial charge in [0.1, 0.15) is 17.4 Å². The number of halogens is 1. The van der Waals surface area contributed by atoms with Crippen molar-refractivity contribution >= 4 is 29.4 Å². The number of carbonyl (C=O) groups excluding carboxylic acids is 3. The maximum atomic E-state index is 12.9. The quantitative estimate of drug-likeness (QED) is 0.481. The number of hydrogen-bond donors (Lipinski definition) is 2. The molecule has 0 aliphatic carbocycles. The normalized spacial score (nSPS) is 12.0. The Bertz CT molecular complexity index is 1120. The van der Waals surface area contributed by atoms with Gasteiger partial charge in [-0.3, -0.25) is 25.2 Å². The Kier molecular flexibility index (Phi) is 5.86. The summed E-state index contributed by atoms with van der Waals surface area (Å²) in [5.74, 6) is -1.50. The van der Waals surface area contributed by atoms with Crippen molar-refractivity contribution in [3.8, 4) is 11.5 Å². The van der Waals surface area contributed by atoms with Crippen molar-refractivity contribution in [2.24, 2.45) is 0 Å². The van der Waals surface area contributed by atoms with Gasteiger partial charge in [-0.05, 0) is 24.3 Å². The summed E-state index contributed by atoms with van der Waals surface area (Å²) in [7, 11) is 0. The topological polar surface area (TPSA) is 93.7 Å². The van der Waals surface area contributed by atoms with Crippen molar-refractivity contribution in [1.82, 2.24) is 10.9 Å². The van der Waals surface area contributed by atoms with E-state index >= 15 is 0 Å². The number of fused-ring (bicyclic) bond motifs is 2. The number of hydrogen-bond acceptors (Lipinski definition) is 5. The van der Waals surface area contributed by atoms with Crippen LogP contribution >= 0.6 is 11.6 Å². The minimum Gasteiger partial charge on any atom is -0.457 e. The summed E-state index contributed by atoms with van der Waals surface area (Å²) in [6, 6.07) is 20.7. The predicted octanol–water partition coefficient (Wildman–Crippen LogP) is 3.58. The highest BCUT2D eigenvalue weighted by atomic mass is 35.5. The summed E-state index contributed by atoms with van der Waals surface area (Å²) in [6.45, 7) is -0.566. The van der Waals surface area contributed by atoms with Gasteiger partial charge in [-0.1, -0.05) is 60.1 Å². The van der Waals surface area contributed by atoms with E-state index in [1.165, 1.54) is 6.07 Å². The zero-order valence-electron chi connectivity index (χ0n) is 16.1. The molecule has 2 N–H and O–H groups in total. The van der Waals surface area contributed by atoms with Gasteiger partial charge in [0.05, 0.1) is 10.6 Å². The molecule has 0 unspecified atom stereocenters. The molecule has 0 saturated carbocycles. The standard InChI is InChI=1S/C23H17ClN2O5/c24-17-10-4-1-7-14(17)22(28)26-25-20(27)13-30-23(29)21-15-8-2-5-11-18(15)31-19-12-6-3-9-16(19)21/h1-12,21H,13H2,(H,25,27)(H,26,28). The summed E-state index contributed by atoms with van der Waals surface area (Å²) >= 11 is 5.95. The molecule has 0 fully saturated rings. The van der Waals surface area contributed by atoms with Crippen LogP contribution < -0.4 is 15.6 Å². The molecule has 1 aliphatic rings. The van der Waals surface area contributed by atoms with Crippen LogP contribution in [0.2, 0.25) is 5.02 Å². The first-order valence-corrected chi connectivity index (χ1v) is 9.78. The van der Waals surface area contributed by atoms with E-state index in [-0.39, 0.29) is 10.6 Å². The minimum atomic E-state index is -0.730. The van der Waals surface area contributed by atoms with Crippen LogP contribution in [0.25, 0.3) is 0 Å². The van der Waals surface area contributed by atoms with Crippen LogP contribution in [0.3, 0.4) is 0 Å². The molecule has 1 heterocycles. The first kappa shape index (κ1) is 20.4. The second kappa shape index (κ2) is 8.89. The highest BCUT2D eigenvalue weighted by Gasteiger charge is 2.33. The smallest absolute Gasteiger partial charge is 0.318 e. The zero-order chi connectivity index (χ0) is 21.8. The number of para-hydroxylation sites is 2. The average Bonchev–Trinajstić information content (AvgIpc) is 2.79. The lowest BCUT2D eigenvalue weighted by Crippen LogP contribution is -2.43. The van der Waals surface area contributed by atoms with Crippen LogP contribution in [0.5, 0.6) is 11.5 Å². The molecule has 0 aromatic heterocycles. The number of ether oxygens (including phenoxy) is 2. The second-order valence-corrected chi connectivity index (χ2v) is 7.11. The molecule has 0 bridgehead atoms. The number of benzene rings is 3. The number of carbonyl (C=O) groups is 3. The lowest BCUT2D eigenvalue weighted by atomic mass is 9.88. The monoisotopic (exact) mass is 436 g/mol. The van der Waals surface area contributed by atoms with Crippen molar-refractivity contribution in [2.45, 2.75) is 5.92 Å². The molecule has 0 atom stereocenters. The van der Waals surface area contributed by atoms with Gasteiger partial charge in [0, 0.05) is 11.1 Å². The fourth-order valence-electron chi connectivity index (χ4n) is 3.26. The van der Waals surface area contributed by atoms with E-state index in [2.05, 4.69) is 10.9 Å². The first-order chi connectivity index (χ1) is 15.0. The maximum absolute atomic E-state index is 12.9. The Morgan fingerprint density at radius 3 is 2.06 bits per heavy atom. The van der Waals surface area contributed by atoms with E-state index in [4.69, 9.17) is 21.1 Å². The molecule has 0 spiro atoms. The lowest BCUT2D eigenvalue weighted by Gasteiger charge is -2.26. The molecule has 4 rings (SSSR count). The fourth-order valence-corrected chi connectivity index (χ4v) is 3.48. The highest BCUT2D eigenvalue weighted by Crippen LogP contribution is 2.44. The van der Waals surface area contributed by atoms with Gasteiger partial charge in [0.25, 0.3) is 11.8 Å². The Morgan fingerprint density at radius 2 is 1.42 bits per heavy atom. The molecule has 7 nitrogen and oxygen atoms in total. The molecule has 0 saturated heterocycles.